The fourth-order valence-electron chi connectivity index (χ4n) is 4.20. The SMILES string of the molecule is CCC1CCC2(CC1)NC(=O)N(CC(=O)N=c1sc3ccccc3n1C)C2=O. The van der Waals surface area contributed by atoms with E-state index in [4.69, 9.17) is 0 Å². The molecule has 0 bridgehead atoms. The summed E-state index contributed by atoms with van der Waals surface area (Å²) in [5.41, 5.74) is 0.159. The van der Waals surface area contributed by atoms with Crippen molar-refractivity contribution in [2.45, 2.75) is 44.6 Å². The highest BCUT2D eigenvalue weighted by molar-refractivity contribution is 7.16. The summed E-state index contributed by atoms with van der Waals surface area (Å²) in [6.45, 7) is 1.83. The lowest BCUT2D eigenvalue weighted by atomic mass is 9.75. The minimum atomic E-state index is -0.828. The van der Waals surface area contributed by atoms with Crippen LogP contribution in [0.2, 0.25) is 0 Å². The first-order valence-corrected chi connectivity index (χ1v) is 10.5. The lowest BCUT2D eigenvalue weighted by Gasteiger charge is -2.34. The van der Waals surface area contributed by atoms with E-state index < -0.39 is 17.5 Å². The Labute approximate surface area is 167 Å². The highest BCUT2D eigenvalue weighted by Gasteiger charge is 2.52. The molecule has 1 N–H and O–H groups in total. The van der Waals surface area contributed by atoms with Gasteiger partial charge in [0.15, 0.2) is 4.80 Å². The maximum absolute atomic E-state index is 12.9. The molecule has 0 radical (unpaired) electrons. The number of thiazole rings is 1. The zero-order valence-electron chi connectivity index (χ0n) is 16.1. The molecule has 2 aromatic rings. The molecular formula is C20H24N4O3S. The number of carbonyl (C=O) groups is 3. The van der Waals surface area contributed by atoms with Crippen LogP contribution in [0.1, 0.15) is 39.0 Å². The number of nitrogens with zero attached hydrogens (tertiary/aromatic N) is 3. The van der Waals surface area contributed by atoms with Crippen LogP contribution in [0.4, 0.5) is 4.79 Å². The number of hydrogen-bond acceptors (Lipinski definition) is 4. The van der Waals surface area contributed by atoms with Gasteiger partial charge in [0.25, 0.3) is 11.8 Å². The lowest BCUT2D eigenvalue weighted by Crippen LogP contribution is -2.49. The van der Waals surface area contributed by atoms with Crippen LogP contribution in [-0.4, -0.2) is 39.4 Å². The Kier molecular flexibility index (Phi) is 4.82. The number of imide groups is 1. The van der Waals surface area contributed by atoms with Crippen LogP contribution in [0, 0.1) is 5.92 Å². The molecule has 1 aliphatic carbocycles. The Morgan fingerprint density at radius 3 is 2.68 bits per heavy atom. The molecule has 0 atom stereocenters. The number of rotatable bonds is 3. The van der Waals surface area contributed by atoms with Gasteiger partial charge in [0.1, 0.15) is 12.1 Å². The number of aromatic nitrogens is 1. The number of urea groups is 1. The second kappa shape index (κ2) is 7.16. The minimum absolute atomic E-state index is 0.281. The van der Waals surface area contributed by atoms with Crippen LogP contribution < -0.4 is 10.1 Å². The average Bonchev–Trinajstić information content (AvgIpc) is 3.12. The Morgan fingerprint density at radius 2 is 2.00 bits per heavy atom. The second-order valence-electron chi connectivity index (χ2n) is 7.67. The molecule has 2 heterocycles. The van der Waals surface area contributed by atoms with Crippen molar-refractivity contribution in [3.63, 3.8) is 0 Å². The lowest BCUT2D eigenvalue weighted by molar-refractivity contribution is -0.135. The summed E-state index contributed by atoms with van der Waals surface area (Å²) in [6.07, 6.45) is 4.22. The highest BCUT2D eigenvalue weighted by Crippen LogP contribution is 2.37. The van der Waals surface area contributed by atoms with Crippen molar-refractivity contribution in [1.29, 1.82) is 0 Å². The van der Waals surface area contributed by atoms with E-state index in [-0.39, 0.29) is 12.5 Å². The quantitative estimate of drug-likeness (QED) is 0.804. The van der Waals surface area contributed by atoms with Crippen molar-refractivity contribution in [3.8, 4) is 0 Å². The molecule has 1 saturated heterocycles. The normalized spacial score (nSPS) is 25.7. The van der Waals surface area contributed by atoms with Crippen LogP contribution in [0.3, 0.4) is 0 Å². The van der Waals surface area contributed by atoms with E-state index in [1.807, 2.05) is 35.9 Å². The monoisotopic (exact) mass is 400 g/mol. The van der Waals surface area contributed by atoms with Gasteiger partial charge < -0.3 is 9.88 Å². The first-order valence-electron chi connectivity index (χ1n) is 9.70. The van der Waals surface area contributed by atoms with Crippen molar-refractivity contribution < 1.29 is 14.4 Å². The number of fused-ring (bicyclic) bond motifs is 1. The van der Waals surface area contributed by atoms with Crippen molar-refractivity contribution in [3.05, 3.63) is 29.1 Å². The van der Waals surface area contributed by atoms with Crippen molar-refractivity contribution >= 4 is 39.4 Å². The third-order valence-corrected chi connectivity index (χ3v) is 7.12. The van der Waals surface area contributed by atoms with E-state index in [1.54, 1.807) is 0 Å². The minimum Gasteiger partial charge on any atom is -0.323 e. The van der Waals surface area contributed by atoms with Crippen molar-refractivity contribution in [2.75, 3.05) is 6.54 Å². The van der Waals surface area contributed by atoms with Crippen molar-refractivity contribution in [2.24, 2.45) is 18.0 Å². The maximum Gasteiger partial charge on any atom is 0.325 e. The van der Waals surface area contributed by atoms with Crippen LogP contribution in [0.5, 0.6) is 0 Å². The molecule has 28 heavy (non-hydrogen) atoms. The predicted octanol–water partition coefficient (Wildman–Crippen LogP) is 2.56. The predicted molar refractivity (Wildman–Crippen MR) is 107 cm³/mol. The number of benzene rings is 1. The standard InChI is InChI=1S/C20H24N4O3S/c1-3-13-8-10-20(11-9-13)17(26)24(18(27)22-20)12-16(25)21-19-23(2)14-6-4-5-7-15(14)28-19/h4-7,13H,3,8-12H2,1-2H3,(H,22,27). The summed E-state index contributed by atoms with van der Waals surface area (Å²) in [5, 5.41) is 2.86. The van der Waals surface area contributed by atoms with Gasteiger partial charge in [-0.15, -0.1) is 0 Å². The van der Waals surface area contributed by atoms with E-state index in [0.717, 1.165) is 34.4 Å². The molecule has 8 heteroatoms. The molecule has 2 fully saturated rings. The van der Waals surface area contributed by atoms with Gasteiger partial charge in [-0.1, -0.05) is 36.8 Å². The third kappa shape index (κ3) is 3.15. The van der Waals surface area contributed by atoms with Gasteiger partial charge in [0, 0.05) is 7.05 Å². The Balaban J connectivity index is 1.52. The van der Waals surface area contributed by atoms with Crippen molar-refractivity contribution in [1.82, 2.24) is 14.8 Å². The Bertz CT molecular complexity index is 1010. The molecule has 1 spiro atoms. The number of para-hydroxylation sites is 1. The highest BCUT2D eigenvalue weighted by atomic mass is 32.1. The van der Waals surface area contributed by atoms with Gasteiger partial charge >= 0.3 is 6.03 Å². The molecule has 0 unspecified atom stereocenters. The van der Waals surface area contributed by atoms with Gasteiger partial charge in [0.05, 0.1) is 10.2 Å². The number of nitrogens with one attached hydrogen (secondary N) is 1. The van der Waals surface area contributed by atoms with E-state index in [9.17, 15) is 14.4 Å². The molecule has 148 valence electrons. The van der Waals surface area contributed by atoms with Crippen LogP contribution in [-0.2, 0) is 16.6 Å². The van der Waals surface area contributed by atoms with Gasteiger partial charge in [-0.05, 0) is 43.7 Å². The molecule has 1 aliphatic heterocycles. The zero-order valence-corrected chi connectivity index (χ0v) is 16.9. The number of amides is 4. The summed E-state index contributed by atoms with van der Waals surface area (Å²) >= 11 is 1.41. The summed E-state index contributed by atoms with van der Waals surface area (Å²) in [6, 6.07) is 7.31. The number of hydrogen-bond donors (Lipinski definition) is 1. The first kappa shape index (κ1) is 18.9. The van der Waals surface area contributed by atoms with Gasteiger partial charge in [-0.2, -0.15) is 4.99 Å². The number of aryl methyl sites for hydroxylation is 1. The third-order valence-electron chi connectivity index (χ3n) is 6.01. The fourth-order valence-corrected chi connectivity index (χ4v) is 5.24. The molecule has 1 aromatic heterocycles. The molecule has 1 saturated carbocycles. The topological polar surface area (TPSA) is 83.8 Å². The molecule has 7 nitrogen and oxygen atoms in total. The molecule has 4 rings (SSSR count). The van der Waals surface area contributed by atoms with E-state index in [0.29, 0.717) is 23.6 Å². The van der Waals surface area contributed by atoms with Crippen LogP contribution in [0.25, 0.3) is 10.2 Å². The van der Waals surface area contributed by atoms with Gasteiger partial charge in [-0.25, -0.2) is 4.79 Å². The van der Waals surface area contributed by atoms with Gasteiger partial charge in [0.2, 0.25) is 0 Å². The summed E-state index contributed by atoms with van der Waals surface area (Å²) in [4.78, 5) is 43.6. The second-order valence-corrected chi connectivity index (χ2v) is 8.68. The summed E-state index contributed by atoms with van der Waals surface area (Å²) < 4.78 is 2.87. The van der Waals surface area contributed by atoms with Crippen LogP contribution >= 0.6 is 11.3 Å². The van der Waals surface area contributed by atoms with E-state index >= 15 is 0 Å². The maximum atomic E-state index is 12.9. The Morgan fingerprint density at radius 1 is 1.29 bits per heavy atom. The zero-order chi connectivity index (χ0) is 19.9. The Hall–Kier alpha value is -2.48. The van der Waals surface area contributed by atoms with Crippen LogP contribution in [0.15, 0.2) is 29.3 Å². The fraction of sp³-hybridized carbons (Fsp3) is 0.500. The van der Waals surface area contributed by atoms with Gasteiger partial charge in [-0.3, -0.25) is 14.5 Å². The summed E-state index contributed by atoms with van der Waals surface area (Å²) in [7, 11) is 1.85. The number of carbonyl (C=O) groups excluding carboxylic acids is 3. The largest absolute Gasteiger partial charge is 0.325 e. The average molecular weight is 401 g/mol. The van der Waals surface area contributed by atoms with E-state index in [1.165, 1.54) is 11.3 Å². The molecular weight excluding hydrogens is 376 g/mol. The smallest absolute Gasteiger partial charge is 0.323 e. The molecule has 4 amide bonds. The summed E-state index contributed by atoms with van der Waals surface area (Å²) in [5.74, 6) is -0.171. The molecule has 1 aromatic carbocycles. The molecule has 2 aliphatic rings. The first-order chi connectivity index (χ1) is 13.4. The van der Waals surface area contributed by atoms with E-state index in [2.05, 4.69) is 17.2 Å².